The van der Waals surface area contributed by atoms with Gasteiger partial charge in [0.1, 0.15) is 11.6 Å². The number of carbonyl (C=O) groups excluding carboxylic acids is 1. The normalized spacial score (nSPS) is 11.7. The van der Waals surface area contributed by atoms with Crippen molar-refractivity contribution in [3.05, 3.63) is 66.0 Å². The van der Waals surface area contributed by atoms with E-state index in [-0.39, 0.29) is 5.82 Å². The van der Waals surface area contributed by atoms with Gasteiger partial charge in [0.15, 0.2) is 0 Å². The molecular formula is C15H13FO3. The second kappa shape index (κ2) is 6.00. The number of methoxy groups -OCH3 is 1. The lowest BCUT2D eigenvalue weighted by Gasteiger charge is -2.17. The molecule has 0 heterocycles. The van der Waals surface area contributed by atoms with Gasteiger partial charge >= 0.3 is 5.97 Å². The van der Waals surface area contributed by atoms with Crippen LogP contribution in [-0.4, -0.2) is 13.1 Å². The van der Waals surface area contributed by atoms with Gasteiger partial charge in [0.2, 0.25) is 6.10 Å². The van der Waals surface area contributed by atoms with Crippen molar-refractivity contribution < 1.29 is 18.7 Å². The molecule has 1 unspecified atom stereocenters. The summed E-state index contributed by atoms with van der Waals surface area (Å²) in [5.74, 6) is -0.460. The van der Waals surface area contributed by atoms with Crippen LogP contribution in [0.2, 0.25) is 0 Å². The molecule has 2 aromatic rings. The van der Waals surface area contributed by atoms with E-state index < -0.39 is 12.1 Å². The minimum atomic E-state index is -0.864. The van der Waals surface area contributed by atoms with E-state index in [1.54, 1.807) is 24.3 Å². The largest absolute Gasteiger partial charge is 0.474 e. The van der Waals surface area contributed by atoms with Gasteiger partial charge < -0.3 is 9.47 Å². The zero-order valence-electron chi connectivity index (χ0n) is 10.4. The van der Waals surface area contributed by atoms with Crippen LogP contribution in [0.1, 0.15) is 11.7 Å². The van der Waals surface area contributed by atoms with E-state index in [9.17, 15) is 9.18 Å². The molecule has 3 nitrogen and oxygen atoms in total. The molecule has 98 valence electrons. The van der Waals surface area contributed by atoms with Crippen molar-refractivity contribution in [2.24, 2.45) is 0 Å². The Balaban J connectivity index is 2.24. The molecule has 2 rings (SSSR count). The molecule has 0 fully saturated rings. The summed E-state index contributed by atoms with van der Waals surface area (Å²) in [6.45, 7) is 0. The van der Waals surface area contributed by atoms with Crippen LogP contribution in [0.25, 0.3) is 0 Å². The Hall–Kier alpha value is -2.36. The summed E-state index contributed by atoms with van der Waals surface area (Å²) in [6.07, 6.45) is -0.864. The maximum Gasteiger partial charge on any atom is 0.351 e. The van der Waals surface area contributed by atoms with Gasteiger partial charge in [0.05, 0.1) is 7.11 Å². The first-order chi connectivity index (χ1) is 9.20. The average molecular weight is 260 g/mol. The second-order valence-electron chi connectivity index (χ2n) is 3.89. The standard InChI is InChI=1S/C15H13FO3/c1-18-15(17)14(11-5-3-2-4-6-11)19-13-9-7-12(16)8-10-13/h2-10,14H,1H3. The second-order valence-corrected chi connectivity index (χ2v) is 3.89. The molecule has 2 aromatic carbocycles. The Bertz CT molecular complexity index is 537. The molecule has 0 N–H and O–H groups in total. The molecule has 0 aliphatic heterocycles. The molecule has 4 heteroatoms. The zero-order valence-corrected chi connectivity index (χ0v) is 10.4. The van der Waals surface area contributed by atoms with Crippen molar-refractivity contribution in [2.45, 2.75) is 6.10 Å². The predicted molar refractivity (Wildman–Crippen MR) is 68.2 cm³/mol. The predicted octanol–water partition coefficient (Wildman–Crippen LogP) is 3.12. The molecule has 0 aliphatic rings. The summed E-state index contributed by atoms with van der Waals surface area (Å²) in [6, 6.07) is 14.5. The molecule has 0 saturated heterocycles. The summed E-state index contributed by atoms with van der Waals surface area (Å²) in [7, 11) is 1.30. The maximum atomic E-state index is 12.8. The van der Waals surface area contributed by atoms with Crippen LogP contribution in [0.5, 0.6) is 5.75 Å². The quantitative estimate of drug-likeness (QED) is 0.792. The van der Waals surface area contributed by atoms with Crippen molar-refractivity contribution in [3.8, 4) is 5.75 Å². The Kier molecular flexibility index (Phi) is 4.13. The molecule has 0 aliphatic carbocycles. The number of hydrogen-bond acceptors (Lipinski definition) is 3. The number of carbonyl (C=O) groups is 1. The topological polar surface area (TPSA) is 35.5 Å². The van der Waals surface area contributed by atoms with Crippen LogP contribution in [0, 0.1) is 5.82 Å². The van der Waals surface area contributed by atoms with Gasteiger partial charge in [-0.3, -0.25) is 0 Å². The number of ether oxygens (including phenoxy) is 2. The minimum absolute atomic E-state index is 0.360. The van der Waals surface area contributed by atoms with E-state index in [4.69, 9.17) is 9.47 Å². The summed E-state index contributed by atoms with van der Waals surface area (Å²) < 4.78 is 23.1. The van der Waals surface area contributed by atoms with Crippen LogP contribution < -0.4 is 4.74 Å². The first-order valence-corrected chi connectivity index (χ1v) is 5.75. The average Bonchev–Trinajstić information content (AvgIpc) is 2.47. The van der Waals surface area contributed by atoms with Gasteiger partial charge in [-0.15, -0.1) is 0 Å². The minimum Gasteiger partial charge on any atom is -0.474 e. The number of esters is 1. The fourth-order valence-corrected chi connectivity index (χ4v) is 1.64. The SMILES string of the molecule is COC(=O)C(Oc1ccc(F)cc1)c1ccccc1. The highest BCUT2D eigenvalue weighted by Gasteiger charge is 2.23. The number of rotatable bonds is 4. The molecule has 0 bridgehead atoms. The Morgan fingerprint density at radius 3 is 2.26 bits per heavy atom. The zero-order chi connectivity index (χ0) is 13.7. The number of hydrogen-bond donors (Lipinski definition) is 0. The molecule has 0 radical (unpaired) electrons. The maximum absolute atomic E-state index is 12.8. The molecule has 0 amide bonds. The number of halogens is 1. The lowest BCUT2D eigenvalue weighted by Crippen LogP contribution is -2.20. The van der Waals surface area contributed by atoms with Crippen molar-refractivity contribution in [2.75, 3.05) is 7.11 Å². The van der Waals surface area contributed by atoms with E-state index >= 15 is 0 Å². The first kappa shape index (κ1) is 13.1. The molecule has 1 atom stereocenters. The highest BCUT2D eigenvalue weighted by molar-refractivity contribution is 5.76. The lowest BCUT2D eigenvalue weighted by molar-refractivity contribution is -0.149. The monoisotopic (exact) mass is 260 g/mol. The highest BCUT2D eigenvalue weighted by Crippen LogP contribution is 2.23. The smallest absolute Gasteiger partial charge is 0.351 e. The summed E-state index contributed by atoms with van der Waals surface area (Å²) in [4.78, 5) is 11.8. The van der Waals surface area contributed by atoms with Gasteiger partial charge in [0, 0.05) is 5.56 Å². The van der Waals surface area contributed by atoms with Crippen molar-refractivity contribution in [1.29, 1.82) is 0 Å². The lowest BCUT2D eigenvalue weighted by atomic mass is 10.1. The molecule has 0 spiro atoms. The van der Waals surface area contributed by atoms with Crippen molar-refractivity contribution in [3.63, 3.8) is 0 Å². The molecule has 19 heavy (non-hydrogen) atoms. The summed E-state index contributed by atoms with van der Waals surface area (Å²) in [5.41, 5.74) is 0.679. The van der Waals surface area contributed by atoms with Gasteiger partial charge in [-0.1, -0.05) is 30.3 Å². The van der Waals surface area contributed by atoms with Gasteiger partial charge in [-0.05, 0) is 24.3 Å². The highest BCUT2D eigenvalue weighted by atomic mass is 19.1. The van der Waals surface area contributed by atoms with Crippen LogP contribution in [0.4, 0.5) is 4.39 Å². The fraction of sp³-hybridized carbons (Fsp3) is 0.133. The van der Waals surface area contributed by atoms with Gasteiger partial charge in [0.25, 0.3) is 0 Å². The molecular weight excluding hydrogens is 247 g/mol. The summed E-state index contributed by atoms with van der Waals surface area (Å²) >= 11 is 0. The van der Waals surface area contributed by atoms with E-state index in [1.807, 2.05) is 6.07 Å². The number of benzene rings is 2. The van der Waals surface area contributed by atoms with Crippen LogP contribution in [0.15, 0.2) is 54.6 Å². The molecule has 0 saturated carbocycles. The first-order valence-electron chi connectivity index (χ1n) is 5.75. The van der Waals surface area contributed by atoms with E-state index in [2.05, 4.69) is 0 Å². The Labute approximate surface area is 110 Å². The van der Waals surface area contributed by atoms with E-state index in [0.29, 0.717) is 11.3 Å². The molecule has 0 aromatic heterocycles. The van der Waals surface area contributed by atoms with E-state index in [1.165, 1.54) is 31.4 Å². The third-order valence-electron chi connectivity index (χ3n) is 2.59. The van der Waals surface area contributed by atoms with Crippen molar-refractivity contribution >= 4 is 5.97 Å². The fourth-order valence-electron chi connectivity index (χ4n) is 1.64. The van der Waals surface area contributed by atoms with Crippen molar-refractivity contribution in [1.82, 2.24) is 0 Å². The van der Waals surface area contributed by atoms with Crippen LogP contribution in [0.3, 0.4) is 0 Å². The van der Waals surface area contributed by atoms with Crippen LogP contribution in [-0.2, 0) is 9.53 Å². The Morgan fingerprint density at radius 1 is 1.05 bits per heavy atom. The Morgan fingerprint density at radius 2 is 1.68 bits per heavy atom. The summed E-state index contributed by atoms with van der Waals surface area (Å²) in [5, 5.41) is 0. The third kappa shape index (κ3) is 3.31. The van der Waals surface area contributed by atoms with Gasteiger partial charge in [-0.25, -0.2) is 9.18 Å². The van der Waals surface area contributed by atoms with E-state index in [0.717, 1.165) is 0 Å². The third-order valence-corrected chi connectivity index (χ3v) is 2.59. The van der Waals surface area contributed by atoms with Crippen LogP contribution >= 0.6 is 0 Å². The van der Waals surface area contributed by atoms with Gasteiger partial charge in [-0.2, -0.15) is 0 Å².